The van der Waals surface area contributed by atoms with Gasteiger partial charge >= 0.3 is 5.97 Å². The van der Waals surface area contributed by atoms with Crippen molar-refractivity contribution in [1.29, 1.82) is 0 Å². The number of nitrogens with zero attached hydrogens (tertiary/aromatic N) is 1. The van der Waals surface area contributed by atoms with E-state index in [0.717, 1.165) is 6.42 Å². The van der Waals surface area contributed by atoms with Crippen molar-refractivity contribution in [2.24, 2.45) is 0 Å². The van der Waals surface area contributed by atoms with Crippen molar-refractivity contribution in [3.8, 4) is 0 Å². The number of hydrogen-bond donors (Lipinski definition) is 3. The molecule has 0 aliphatic carbocycles. The predicted molar refractivity (Wildman–Crippen MR) is 76.9 cm³/mol. The normalized spacial score (nSPS) is 19.7. The van der Waals surface area contributed by atoms with Crippen LogP contribution in [0, 0.1) is 0 Å². The van der Waals surface area contributed by atoms with Crippen LogP contribution in [0.4, 0.5) is 0 Å². The van der Waals surface area contributed by atoms with E-state index in [-0.39, 0.29) is 12.5 Å². The third kappa shape index (κ3) is 4.29. The molecule has 2 rings (SSSR count). The SMILES string of the molecule is O=C(CN1CCNCC1C(=O)O)NCCc1cccs1. The second kappa shape index (κ2) is 7.37. The maximum absolute atomic E-state index is 11.8. The van der Waals surface area contributed by atoms with Gasteiger partial charge in [-0.05, 0) is 17.9 Å². The highest BCUT2D eigenvalue weighted by Crippen LogP contribution is 2.08. The molecule has 1 unspecified atom stereocenters. The zero-order valence-electron chi connectivity index (χ0n) is 11.2. The summed E-state index contributed by atoms with van der Waals surface area (Å²) in [5, 5.41) is 17.0. The predicted octanol–water partition coefficient (Wildman–Crippen LogP) is -0.235. The number of piperazine rings is 1. The van der Waals surface area contributed by atoms with Gasteiger partial charge in [0.2, 0.25) is 5.91 Å². The van der Waals surface area contributed by atoms with Crippen molar-refractivity contribution in [2.45, 2.75) is 12.5 Å². The van der Waals surface area contributed by atoms with Crippen LogP contribution in [0.5, 0.6) is 0 Å². The summed E-state index contributed by atoms with van der Waals surface area (Å²) in [6.45, 7) is 2.41. The maximum Gasteiger partial charge on any atom is 0.322 e. The molecule has 1 amide bonds. The number of carboxylic acid groups (broad SMARTS) is 1. The van der Waals surface area contributed by atoms with Crippen molar-refractivity contribution in [3.63, 3.8) is 0 Å². The van der Waals surface area contributed by atoms with Crippen molar-refractivity contribution < 1.29 is 14.7 Å². The molecule has 1 aromatic heterocycles. The number of aliphatic carboxylic acids is 1. The summed E-state index contributed by atoms with van der Waals surface area (Å²) in [6, 6.07) is 3.40. The van der Waals surface area contributed by atoms with Crippen molar-refractivity contribution >= 4 is 23.2 Å². The second-order valence-electron chi connectivity index (χ2n) is 4.71. The fourth-order valence-corrected chi connectivity index (χ4v) is 2.91. The molecule has 0 radical (unpaired) electrons. The highest BCUT2D eigenvalue weighted by Gasteiger charge is 2.29. The van der Waals surface area contributed by atoms with Crippen LogP contribution in [-0.2, 0) is 16.0 Å². The lowest BCUT2D eigenvalue weighted by Gasteiger charge is -2.32. The van der Waals surface area contributed by atoms with Gasteiger partial charge in [0.25, 0.3) is 0 Å². The van der Waals surface area contributed by atoms with Gasteiger partial charge in [-0.1, -0.05) is 6.07 Å². The Morgan fingerprint density at radius 3 is 3.10 bits per heavy atom. The first kappa shape index (κ1) is 15.0. The van der Waals surface area contributed by atoms with Gasteiger partial charge in [0.15, 0.2) is 0 Å². The van der Waals surface area contributed by atoms with Crippen LogP contribution in [-0.4, -0.2) is 60.6 Å². The van der Waals surface area contributed by atoms with E-state index in [1.54, 1.807) is 16.2 Å². The number of carbonyl (C=O) groups is 2. The Labute approximate surface area is 121 Å². The van der Waals surface area contributed by atoms with Gasteiger partial charge in [0.05, 0.1) is 6.54 Å². The molecule has 2 heterocycles. The lowest BCUT2D eigenvalue weighted by atomic mass is 10.2. The molecule has 20 heavy (non-hydrogen) atoms. The summed E-state index contributed by atoms with van der Waals surface area (Å²) < 4.78 is 0. The number of carbonyl (C=O) groups excluding carboxylic acids is 1. The molecule has 1 atom stereocenters. The van der Waals surface area contributed by atoms with Crippen LogP contribution in [0.3, 0.4) is 0 Å². The summed E-state index contributed by atoms with van der Waals surface area (Å²) in [7, 11) is 0. The molecule has 1 aliphatic heterocycles. The first-order valence-electron chi connectivity index (χ1n) is 6.63. The molecule has 3 N–H and O–H groups in total. The molecule has 0 spiro atoms. The van der Waals surface area contributed by atoms with Crippen LogP contribution >= 0.6 is 11.3 Å². The minimum atomic E-state index is -0.886. The fourth-order valence-electron chi connectivity index (χ4n) is 2.20. The molecule has 1 aliphatic rings. The Morgan fingerprint density at radius 1 is 1.55 bits per heavy atom. The second-order valence-corrected chi connectivity index (χ2v) is 5.74. The molecule has 1 aromatic rings. The fraction of sp³-hybridized carbons (Fsp3) is 0.538. The van der Waals surface area contributed by atoms with Gasteiger partial charge in [-0.2, -0.15) is 0 Å². The highest BCUT2D eigenvalue weighted by molar-refractivity contribution is 7.09. The topological polar surface area (TPSA) is 81.7 Å². The van der Waals surface area contributed by atoms with E-state index in [0.29, 0.717) is 26.2 Å². The van der Waals surface area contributed by atoms with Gasteiger partial charge in [-0.25, -0.2) is 0 Å². The van der Waals surface area contributed by atoms with Crippen LogP contribution in [0.25, 0.3) is 0 Å². The lowest BCUT2D eigenvalue weighted by molar-refractivity contribution is -0.144. The first-order chi connectivity index (χ1) is 9.66. The molecule has 0 bridgehead atoms. The summed E-state index contributed by atoms with van der Waals surface area (Å²) in [5.41, 5.74) is 0. The first-order valence-corrected chi connectivity index (χ1v) is 7.51. The van der Waals surface area contributed by atoms with Gasteiger partial charge in [-0.15, -0.1) is 11.3 Å². The van der Waals surface area contributed by atoms with Crippen LogP contribution in [0.15, 0.2) is 17.5 Å². The lowest BCUT2D eigenvalue weighted by Crippen LogP contribution is -2.57. The number of carboxylic acids is 1. The smallest absolute Gasteiger partial charge is 0.322 e. The minimum absolute atomic E-state index is 0.116. The van der Waals surface area contributed by atoms with E-state index in [2.05, 4.69) is 10.6 Å². The average molecular weight is 297 g/mol. The Morgan fingerprint density at radius 2 is 2.40 bits per heavy atom. The molecule has 1 saturated heterocycles. The number of nitrogens with one attached hydrogen (secondary N) is 2. The number of hydrogen-bond acceptors (Lipinski definition) is 5. The third-order valence-corrected chi connectivity index (χ3v) is 4.20. The Kier molecular flexibility index (Phi) is 5.51. The van der Waals surface area contributed by atoms with Gasteiger partial charge in [0, 0.05) is 31.1 Å². The quantitative estimate of drug-likeness (QED) is 0.675. The molecule has 7 heteroatoms. The monoisotopic (exact) mass is 297 g/mol. The number of amides is 1. The van der Waals surface area contributed by atoms with Gasteiger partial charge in [-0.3, -0.25) is 14.5 Å². The van der Waals surface area contributed by atoms with E-state index in [1.807, 2.05) is 17.5 Å². The molecule has 1 fully saturated rings. The summed E-state index contributed by atoms with van der Waals surface area (Å²) in [6.07, 6.45) is 0.813. The maximum atomic E-state index is 11.8. The van der Waals surface area contributed by atoms with Gasteiger partial charge in [0.1, 0.15) is 6.04 Å². The third-order valence-electron chi connectivity index (χ3n) is 3.26. The number of thiophene rings is 1. The largest absolute Gasteiger partial charge is 0.480 e. The zero-order valence-corrected chi connectivity index (χ0v) is 12.0. The Bertz CT molecular complexity index is 450. The highest BCUT2D eigenvalue weighted by atomic mass is 32.1. The molecule has 110 valence electrons. The standard InChI is InChI=1S/C13H19N3O3S/c17-12(15-4-3-10-2-1-7-20-10)9-16-6-5-14-8-11(16)13(18)19/h1-2,7,11,14H,3-6,8-9H2,(H,15,17)(H,18,19). The Balaban J connectivity index is 1.73. The van der Waals surface area contributed by atoms with E-state index in [4.69, 9.17) is 5.11 Å². The summed E-state index contributed by atoms with van der Waals surface area (Å²) >= 11 is 1.67. The van der Waals surface area contributed by atoms with E-state index >= 15 is 0 Å². The van der Waals surface area contributed by atoms with Gasteiger partial charge < -0.3 is 15.7 Å². The van der Waals surface area contributed by atoms with Crippen molar-refractivity contribution in [2.75, 3.05) is 32.7 Å². The van der Waals surface area contributed by atoms with E-state index < -0.39 is 12.0 Å². The number of rotatable bonds is 6. The molecule has 0 saturated carbocycles. The summed E-state index contributed by atoms with van der Waals surface area (Å²) in [5.74, 6) is -1.00. The summed E-state index contributed by atoms with van der Waals surface area (Å²) in [4.78, 5) is 25.9. The zero-order chi connectivity index (χ0) is 14.4. The Hall–Kier alpha value is -1.44. The molecular weight excluding hydrogens is 278 g/mol. The van der Waals surface area contributed by atoms with E-state index in [9.17, 15) is 9.59 Å². The van der Waals surface area contributed by atoms with E-state index in [1.165, 1.54) is 4.88 Å². The van der Waals surface area contributed by atoms with Crippen LogP contribution in [0.1, 0.15) is 4.88 Å². The van der Waals surface area contributed by atoms with Crippen molar-refractivity contribution in [1.82, 2.24) is 15.5 Å². The van der Waals surface area contributed by atoms with Crippen LogP contribution in [0.2, 0.25) is 0 Å². The van der Waals surface area contributed by atoms with Crippen molar-refractivity contribution in [3.05, 3.63) is 22.4 Å². The molecule has 0 aromatic carbocycles. The van der Waals surface area contributed by atoms with Crippen LogP contribution < -0.4 is 10.6 Å². The molecule has 6 nitrogen and oxygen atoms in total. The average Bonchev–Trinajstić information content (AvgIpc) is 2.92. The minimum Gasteiger partial charge on any atom is -0.480 e. The molecular formula is C13H19N3O3S.